The maximum atomic E-state index is 12.1. The molecule has 0 saturated carbocycles. The van der Waals surface area contributed by atoms with Crippen LogP contribution in [0.5, 0.6) is 0 Å². The molecule has 1 heterocycles. The van der Waals surface area contributed by atoms with Crippen LogP contribution in [0, 0.1) is 0 Å². The summed E-state index contributed by atoms with van der Waals surface area (Å²) in [5.41, 5.74) is 2.18. The lowest BCUT2D eigenvalue weighted by molar-refractivity contribution is 0.0952. The number of benzene rings is 1. The van der Waals surface area contributed by atoms with Crippen molar-refractivity contribution in [2.45, 2.75) is 31.2 Å². The summed E-state index contributed by atoms with van der Waals surface area (Å²) in [5, 5.41) is 3.16. The molecule has 1 aliphatic rings. The van der Waals surface area contributed by atoms with Gasteiger partial charge < -0.3 is 5.32 Å². The molecule has 2 rings (SSSR count). The Kier molecular flexibility index (Phi) is 3.66. The van der Waals surface area contributed by atoms with Gasteiger partial charge in [-0.2, -0.15) is 0 Å². The van der Waals surface area contributed by atoms with Crippen LogP contribution in [0.15, 0.2) is 23.1 Å². The third-order valence-corrected chi connectivity index (χ3v) is 4.00. The number of thioether (sulfide) groups is 1. The van der Waals surface area contributed by atoms with Crippen LogP contribution in [-0.4, -0.2) is 24.1 Å². The largest absolute Gasteiger partial charge is 0.308 e. The highest BCUT2D eigenvalue weighted by Gasteiger charge is 2.17. The number of nitrogens with one attached hydrogen (secondary N) is 1. The van der Waals surface area contributed by atoms with Crippen molar-refractivity contribution in [1.82, 2.24) is 5.32 Å². The smallest absolute Gasteiger partial charge is 0.179 e. The molecule has 0 aliphatic carbocycles. The van der Waals surface area contributed by atoms with Gasteiger partial charge in [0.2, 0.25) is 0 Å². The SMILES string of the molecule is CCNC(C)C(=O)c1ccc2c(c1)CCS2. The Morgan fingerprint density at radius 3 is 3.12 bits per heavy atom. The second-order valence-corrected chi connectivity index (χ2v) is 5.20. The first-order chi connectivity index (χ1) is 7.72. The quantitative estimate of drug-likeness (QED) is 0.813. The Labute approximate surface area is 101 Å². The monoisotopic (exact) mass is 235 g/mol. The maximum absolute atomic E-state index is 12.1. The minimum atomic E-state index is -0.0860. The zero-order chi connectivity index (χ0) is 11.5. The van der Waals surface area contributed by atoms with E-state index in [-0.39, 0.29) is 11.8 Å². The van der Waals surface area contributed by atoms with Crippen LogP contribution in [0.1, 0.15) is 29.8 Å². The second kappa shape index (κ2) is 5.02. The number of carbonyl (C=O) groups is 1. The molecule has 86 valence electrons. The van der Waals surface area contributed by atoms with Crippen LogP contribution in [-0.2, 0) is 6.42 Å². The van der Waals surface area contributed by atoms with Gasteiger partial charge in [-0.15, -0.1) is 11.8 Å². The summed E-state index contributed by atoms with van der Waals surface area (Å²) in [6.45, 7) is 4.77. The predicted octanol–water partition coefficient (Wildman–Crippen LogP) is 2.52. The lowest BCUT2D eigenvalue weighted by atomic mass is 10.0. The van der Waals surface area contributed by atoms with Crippen molar-refractivity contribution in [3.05, 3.63) is 29.3 Å². The molecule has 3 heteroatoms. The number of aryl methyl sites for hydroxylation is 1. The second-order valence-electron chi connectivity index (χ2n) is 4.06. The van der Waals surface area contributed by atoms with Gasteiger partial charge in [0.25, 0.3) is 0 Å². The highest BCUT2D eigenvalue weighted by atomic mass is 32.2. The molecule has 0 fully saturated rings. The van der Waals surface area contributed by atoms with E-state index in [0.717, 1.165) is 24.3 Å². The molecule has 1 unspecified atom stereocenters. The molecular formula is C13H17NOS. The molecular weight excluding hydrogens is 218 g/mol. The first kappa shape index (κ1) is 11.7. The Morgan fingerprint density at radius 1 is 1.56 bits per heavy atom. The number of hydrogen-bond acceptors (Lipinski definition) is 3. The van der Waals surface area contributed by atoms with E-state index in [1.165, 1.54) is 10.5 Å². The van der Waals surface area contributed by atoms with Gasteiger partial charge in [0.1, 0.15) is 0 Å². The maximum Gasteiger partial charge on any atom is 0.179 e. The summed E-state index contributed by atoms with van der Waals surface area (Å²) in [5.74, 6) is 1.34. The summed E-state index contributed by atoms with van der Waals surface area (Å²) >= 11 is 1.88. The van der Waals surface area contributed by atoms with Crippen LogP contribution in [0.3, 0.4) is 0 Å². The third-order valence-electron chi connectivity index (χ3n) is 2.88. The summed E-state index contributed by atoms with van der Waals surface area (Å²) in [7, 11) is 0. The average Bonchev–Trinajstić information content (AvgIpc) is 2.75. The topological polar surface area (TPSA) is 29.1 Å². The number of ketones is 1. The van der Waals surface area contributed by atoms with Gasteiger partial charge in [-0.3, -0.25) is 4.79 Å². The van der Waals surface area contributed by atoms with Crippen LogP contribution < -0.4 is 5.32 Å². The van der Waals surface area contributed by atoms with Gasteiger partial charge in [-0.25, -0.2) is 0 Å². The molecule has 0 amide bonds. The van der Waals surface area contributed by atoms with E-state index in [0.29, 0.717) is 0 Å². The molecule has 0 aromatic heterocycles. The predicted molar refractivity (Wildman–Crippen MR) is 68.3 cm³/mol. The fraction of sp³-hybridized carbons (Fsp3) is 0.462. The number of hydrogen-bond donors (Lipinski definition) is 1. The molecule has 0 bridgehead atoms. The zero-order valence-electron chi connectivity index (χ0n) is 9.75. The van der Waals surface area contributed by atoms with Crippen molar-refractivity contribution in [2.24, 2.45) is 0 Å². The summed E-state index contributed by atoms with van der Waals surface area (Å²) in [4.78, 5) is 13.4. The molecule has 0 radical (unpaired) electrons. The standard InChI is InChI=1S/C13H17NOS/c1-3-14-9(2)13(15)11-4-5-12-10(8-11)6-7-16-12/h4-5,8-9,14H,3,6-7H2,1-2H3. The Hall–Kier alpha value is -0.800. The first-order valence-electron chi connectivity index (χ1n) is 5.75. The molecule has 1 aliphatic heterocycles. The first-order valence-corrected chi connectivity index (χ1v) is 6.74. The lowest BCUT2D eigenvalue weighted by Gasteiger charge is -2.11. The average molecular weight is 235 g/mol. The van der Waals surface area contributed by atoms with Crippen LogP contribution in [0.25, 0.3) is 0 Å². The molecule has 0 saturated heterocycles. The molecule has 1 aromatic carbocycles. The van der Waals surface area contributed by atoms with Crippen LogP contribution >= 0.6 is 11.8 Å². The minimum Gasteiger partial charge on any atom is -0.308 e. The van der Waals surface area contributed by atoms with Crippen LogP contribution in [0.2, 0.25) is 0 Å². The lowest BCUT2D eigenvalue weighted by Crippen LogP contribution is -2.33. The minimum absolute atomic E-state index is 0.0860. The van der Waals surface area contributed by atoms with Crippen molar-refractivity contribution in [1.29, 1.82) is 0 Å². The van der Waals surface area contributed by atoms with Gasteiger partial charge in [0.15, 0.2) is 5.78 Å². The van der Waals surface area contributed by atoms with Crippen molar-refractivity contribution in [2.75, 3.05) is 12.3 Å². The van der Waals surface area contributed by atoms with Gasteiger partial charge in [0, 0.05) is 16.2 Å². The summed E-state index contributed by atoms with van der Waals surface area (Å²) in [6.07, 6.45) is 1.09. The molecule has 16 heavy (non-hydrogen) atoms. The molecule has 0 spiro atoms. The Bertz CT molecular complexity index is 403. The number of rotatable bonds is 4. The summed E-state index contributed by atoms with van der Waals surface area (Å²) < 4.78 is 0. The zero-order valence-corrected chi connectivity index (χ0v) is 10.6. The number of fused-ring (bicyclic) bond motifs is 1. The Balaban J connectivity index is 2.18. The highest BCUT2D eigenvalue weighted by molar-refractivity contribution is 7.99. The van der Waals surface area contributed by atoms with E-state index in [9.17, 15) is 4.79 Å². The van der Waals surface area contributed by atoms with Crippen molar-refractivity contribution in [3.63, 3.8) is 0 Å². The normalized spacial score (nSPS) is 15.9. The molecule has 2 nitrogen and oxygen atoms in total. The van der Waals surface area contributed by atoms with Crippen molar-refractivity contribution in [3.8, 4) is 0 Å². The van der Waals surface area contributed by atoms with Gasteiger partial charge >= 0.3 is 0 Å². The summed E-state index contributed by atoms with van der Waals surface area (Å²) in [6, 6.07) is 6.01. The van der Waals surface area contributed by atoms with Gasteiger partial charge in [-0.1, -0.05) is 13.0 Å². The molecule has 1 N–H and O–H groups in total. The fourth-order valence-corrected chi connectivity index (χ4v) is 3.04. The molecule has 1 atom stereocenters. The van der Waals surface area contributed by atoms with Crippen LogP contribution in [0.4, 0.5) is 0 Å². The van der Waals surface area contributed by atoms with E-state index < -0.39 is 0 Å². The Morgan fingerprint density at radius 2 is 2.38 bits per heavy atom. The highest BCUT2D eigenvalue weighted by Crippen LogP contribution is 2.31. The fourth-order valence-electron chi connectivity index (χ4n) is 1.99. The van der Waals surface area contributed by atoms with E-state index in [1.807, 2.05) is 31.7 Å². The van der Waals surface area contributed by atoms with Crippen molar-refractivity contribution < 1.29 is 4.79 Å². The van der Waals surface area contributed by atoms with Crippen molar-refractivity contribution >= 4 is 17.5 Å². The van der Waals surface area contributed by atoms with Gasteiger partial charge in [-0.05, 0) is 37.6 Å². The van der Waals surface area contributed by atoms with E-state index >= 15 is 0 Å². The van der Waals surface area contributed by atoms with E-state index in [4.69, 9.17) is 0 Å². The molecule has 1 aromatic rings. The van der Waals surface area contributed by atoms with Gasteiger partial charge in [0.05, 0.1) is 6.04 Å². The third kappa shape index (κ3) is 2.30. The van der Waals surface area contributed by atoms with E-state index in [2.05, 4.69) is 17.4 Å². The number of likely N-dealkylation sites (N-methyl/N-ethyl adjacent to an activating group) is 1. The van der Waals surface area contributed by atoms with E-state index in [1.54, 1.807) is 0 Å². The number of Topliss-reactive ketones (excluding diaryl/α,β-unsaturated/α-hetero) is 1. The number of carbonyl (C=O) groups excluding carboxylic acids is 1.